The van der Waals surface area contributed by atoms with Gasteiger partial charge in [-0.1, -0.05) is 60.7 Å². The summed E-state index contributed by atoms with van der Waals surface area (Å²) in [5.74, 6) is 1.16. The average molecular weight is 680 g/mol. The van der Waals surface area contributed by atoms with Gasteiger partial charge >= 0.3 is 5.97 Å². The molecule has 49 heavy (non-hydrogen) atoms. The molecule has 1 aliphatic rings. The first-order chi connectivity index (χ1) is 23.7. The lowest BCUT2D eigenvalue weighted by molar-refractivity contribution is -0.384. The predicted molar refractivity (Wildman–Crippen MR) is 185 cm³/mol. The van der Waals surface area contributed by atoms with Crippen LogP contribution in [0.1, 0.15) is 48.8 Å². The molecular formula is C37H33N3O8S. The fourth-order valence-electron chi connectivity index (χ4n) is 5.74. The van der Waals surface area contributed by atoms with Crippen LogP contribution in [0.25, 0.3) is 23.1 Å². The SMILES string of the molecule is CCCOc1c(OC)cccc1[C@H]1C(C(=O)OCC)=C(c2ccccc2)N=c2s/c(=C/c3ccc(-c4ccc([N+](=O)[O-])cc4C)o3)c(=O)n21. The first kappa shape index (κ1) is 33.2. The molecule has 0 spiro atoms. The molecule has 11 nitrogen and oxygen atoms in total. The van der Waals surface area contributed by atoms with Crippen LogP contribution in [0.15, 0.2) is 98.6 Å². The number of ether oxygens (including phenoxy) is 3. The van der Waals surface area contributed by atoms with Crippen molar-refractivity contribution in [3.05, 3.63) is 137 Å². The summed E-state index contributed by atoms with van der Waals surface area (Å²) in [7, 11) is 1.54. The number of para-hydroxylation sites is 1. The Hall–Kier alpha value is -5.75. The van der Waals surface area contributed by atoms with E-state index in [1.807, 2.05) is 43.3 Å². The van der Waals surface area contributed by atoms with Gasteiger partial charge in [0.1, 0.15) is 17.6 Å². The summed E-state index contributed by atoms with van der Waals surface area (Å²) in [5, 5.41) is 11.2. The van der Waals surface area contributed by atoms with Gasteiger partial charge in [-0.2, -0.15) is 0 Å². The van der Waals surface area contributed by atoms with Gasteiger partial charge in [0.25, 0.3) is 11.2 Å². The standard InChI is InChI=1S/C37H33N3O8S/c1-5-19-47-34-27(13-10-14-29(34)45-4)33-31(36(42)46-6-2)32(23-11-8-7-9-12-23)38-37-39(33)35(41)30(49-37)21-25-16-18-28(48-25)26-17-15-24(40(43)44)20-22(26)3/h7-18,20-21,33H,5-6,19H2,1-4H3/b30-21+/t33-/m0/s1. The minimum atomic E-state index is -0.968. The van der Waals surface area contributed by atoms with Gasteiger partial charge in [-0.15, -0.1) is 0 Å². The average Bonchev–Trinajstić information content (AvgIpc) is 3.70. The lowest BCUT2D eigenvalue weighted by Gasteiger charge is -2.27. The van der Waals surface area contributed by atoms with Crippen molar-refractivity contribution in [2.45, 2.75) is 33.2 Å². The van der Waals surface area contributed by atoms with Crippen molar-refractivity contribution in [1.29, 1.82) is 0 Å². The number of aromatic nitrogens is 1. The monoisotopic (exact) mass is 679 g/mol. The zero-order chi connectivity index (χ0) is 34.7. The molecule has 0 fully saturated rings. The molecule has 12 heteroatoms. The maximum absolute atomic E-state index is 14.4. The summed E-state index contributed by atoms with van der Waals surface area (Å²) in [5.41, 5.74) is 2.76. The third-order valence-electron chi connectivity index (χ3n) is 7.93. The molecule has 5 aromatic rings. The Morgan fingerprint density at radius 3 is 2.57 bits per heavy atom. The number of carbonyl (C=O) groups is 1. The lowest BCUT2D eigenvalue weighted by Crippen LogP contribution is -2.40. The van der Waals surface area contributed by atoms with Crippen molar-refractivity contribution < 1.29 is 28.3 Å². The maximum Gasteiger partial charge on any atom is 0.338 e. The fraction of sp³-hybridized carbons (Fsp3) is 0.216. The number of thiazole rings is 1. The van der Waals surface area contributed by atoms with Gasteiger partial charge in [-0.3, -0.25) is 19.5 Å². The number of nitro groups is 1. The van der Waals surface area contributed by atoms with E-state index in [2.05, 4.69) is 0 Å². The van der Waals surface area contributed by atoms with Gasteiger partial charge in [-0.05, 0) is 50.1 Å². The molecule has 250 valence electrons. The van der Waals surface area contributed by atoms with E-state index < -0.39 is 22.5 Å². The van der Waals surface area contributed by atoms with E-state index in [4.69, 9.17) is 23.6 Å². The van der Waals surface area contributed by atoms with Crippen LogP contribution in [-0.4, -0.2) is 35.8 Å². The molecule has 3 aromatic carbocycles. The van der Waals surface area contributed by atoms with Gasteiger partial charge in [-0.25, -0.2) is 9.79 Å². The Balaban J connectivity index is 1.58. The number of hydrogen-bond acceptors (Lipinski definition) is 10. The highest BCUT2D eigenvalue weighted by atomic mass is 32.1. The second kappa shape index (κ2) is 14.2. The first-order valence-electron chi connectivity index (χ1n) is 15.7. The lowest BCUT2D eigenvalue weighted by atomic mass is 9.92. The molecule has 2 aromatic heterocycles. The summed E-state index contributed by atoms with van der Waals surface area (Å²) < 4.78 is 25.4. The summed E-state index contributed by atoms with van der Waals surface area (Å²) >= 11 is 1.16. The quantitative estimate of drug-likeness (QED) is 0.0914. The van der Waals surface area contributed by atoms with Gasteiger partial charge in [0.2, 0.25) is 0 Å². The number of aryl methyl sites for hydroxylation is 1. The van der Waals surface area contributed by atoms with Crippen molar-refractivity contribution in [2.75, 3.05) is 20.3 Å². The fourth-order valence-corrected chi connectivity index (χ4v) is 6.73. The maximum atomic E-state index is 14.4. The van der Waals surface area contributed by atoms with E-state index in [0.29, 0.717) is 66.9 Å². The molecule has 6 rings (SSSR count). The van der Waals surface area contributed by atoms with Crippen molar-refractivity contribution in [3.8, 4) is 22.8 Å². The minimum absolute atomic E-state index is 0.0139. The molecule has 0 radical (unpaired) electrons. The van der Waals surface area contributed by atoms with Gasteiger partial charge in [0.05, 0.1) is 41.0 Å². The molecule has 0 aliphatic carbocycles. The molecule has 3 heterocycles. The van der Waals surface area contributed by atoms with Crippen molar-refractivity contribution >= 4 is 34.8 Å². The van der Waals surface area contributed by atoms with Crippen LogP contribution in [0.3, 0.4) is 0 Å². The Morgan fingerprint density at radius 2 is 1.88 bits per heavy atom. The molecular weight excluding hydrogens is 646 g/mol. The Kier molecular flexibility index (Phi) is 9.58. The number of nitrogens with zero attached hydrogens (tertiary/aromatic N) is 3. The number of fused-ring (bicyclic) bond motifs is 1. The Bertz CT molecular complexity index is 2270. The topological polar surface area (TPSA) is 135 Å². The van der Waals surface area contributed by atoms with Gasteiger partial charge < -0.3 is 18.6 Å². The number of furan rings is 1. The largest absolute Gasteiger partial charge is 0.493 e. The van der Waals surface area contributed by atoms with Gasteiger partial charge in [0, 0.05) is 34.9 Å². The first-order valence-corrected chi connectivity index (χ1v) is 16.5. The van der Waals surface area contributed by atoms with Crippen molar-refractivity contribution in [3.63, 3.8) is 0 Å². The number of benzene rings is 3. The molecule has 0 N–H and O–H groups in total. The summed E-state index contributed by atoms with van der Waals surface area (Å²) in [6.45, 7) is 5.98. The smallest absolute Gasteiger partial charge is 0.338 e. The van der Waals surface area contributed by atoms with E-state index in [-0.39, 0.29) is 17.9 Å². The number of non-ortho nitro benzene ring substituents is 1. The predicted octanol–water partition coefficient (Wildman–Crippen LogP) is 6.21. The summed E-state index contributed by atoms with van der Waals surface area (Å²) in [6.07, 6.45) is 2.35. The normalized spacial score (nSPS) is 14.3. The van der Waals surface area contributed by atoms with Crippen LogP contribution in [0.5, 0.6) is 11.5 Å². The molecule has 0 saturated carbocycles. The Labute approximate surface area is 285 Å². The number of nitro benzene ring substituents is 1. The Morgan fingerprint density at radius 1 is 1.08 bits per heavy atom. The molecule has 1 atom stereocenters. The zero-order valence-corrected chi connectivity index (χ0v) is 28.1. The highest BCUT2D eigenvalue weighted by Crippen LogP contribution is 2.42. The van der Waals surface area contributed by atoms with Crippen LogP contribution < -0.4 is 24.4 Å². The van der Waals surface area contributed by atoms with Crippen molar-refractivity contribution in [2.24, 2.45) is 4.99 Å². The van der Waals surface area contributed by atoms with E-state index in [0.717, 1.165) is 17.8 Å². The summed E-state index contributed by atoms with van der Waals surface area (Å²) in [6, 6.07) is 21.7. The molecule has 0 bridgehead atoms. The van der Waals surface area contributed by atoms with Crippen molar-refractivity contribution in [1.82, 2.24) is 4.57 Å². The third-order valence-corrected chi connectivity index (χ3v) is 8.92. The molecule has 1 aliphatic heterocycles. The molecule has 0 unspecified atom stereocenters. The molecule has 0 saturated heterocycles. The number of hydrogen-bond donors (Lipinski definition) is 0. The van der Waals surface area contributed by atoms with Crippen LogP contribution in [0.4, 0.5) is 5.69 Å². The minimum Gasteiger partial charge on any atom is -0.493 e. The number of methoxy groups -OCH3 is 1. The second-order valence-electron chi connectivity index (χ2n) is 11.1. The number of rotatable bonds is 11. The van der Waals surface area contributed by atoms with Gasteiger partial charge in [0.15, 0.2) is 16.3 Å². The van der Waals surface area contributed by atoms with Crippen LogP contribution in [0.2, 0.25) is 0 Å². The van der Waals surface area contributed by atoms with Crippen LogP contribution >= 0.6 is 11.3 Å². The van der Waals surface area contributed by atoms with Crippen LogP contribution in [-0.2, 0) is 9.53 Å². The summed E-state index contributed by atoms with van der Waals surface area (Å²) in [4.78, 5) is 44.4. The van der Waals surface area contributed by atoms with E-state index in [1.165, 1.54) is 23.8 Å². The van der Waals surface area contributed by atoms with E-state index >= 15 is 0 Å². The third kappa shape index (κ3) is 6.42. The van der Waals surface area contributed by atoms with E-state index in [9.17, 15) is 19.7 Å². The second-order valence-corrected chi connectivity index (χ2v) is 12.1. The number of carbonyl (C=O) groups excluding carboxylic acids is 1. The molecule has 0 amide bonds. The van der Waals surface area contributed by atoms with E-state index in [1.54, 1.807) is 50.3 Å². The number of esters is 1. The highest BCUT2D eigenvalue weighted by molar-refractivity contribution is 7.07. The van der Waals surface area contributed by atoms with Crippen LogP contribution in [0, 0.1) is 17.0 Å². The highest BCUT2D eigenvalue weighted by Gasteiger charge is 2.37. The zero-order valence-electron chi connectivity index (χ0n) is 27.3.